The molecule has 0 heterocycles. The molecule has 0 aliphatic heterocycles. The number of nitrogens with zero attached hydrogens (tertiary/aromatic N) is 1. The van der Waals surface area contributed by atoms with Crippen molar-refractivity contribution in [3.05, 3.63) is 64.7 Å². The number of benzene rings is 2. The Bertz CT molecular complexity index is 1180. The summed E-state index contributed by atoms with van der Waals surface area (Å²) in [6.07, 6.45) is 3.32. The average molecular weight is 549 g/mol. The number of esters is 2. The first-order valence-corrected chi connectivity index (χ1v) is 14.2. The van der Waals surface area contributed by atoms with Gasteiger partial charge in [0.05, 0.1) is 17.6 Å². The van der Waals surface area contributed by atoms with E-state index in [2.05, 4.69) is 49.5 Å². The van der Waals surface area contributed by atoms with Crippen LogP contribution < -0.4 is 10.1 Å². The predicted octanol–water partition coefficient (Wildman–Crippen LogP) is 5.56. The second kappa shape index (κ2) is 13.8. The molecule has 0 radical (unpaired) electrons. The van der Waals surface area contributed by atoms with Crippen LogP contribution in [0.1, 0.15) is 76.6 Å². The van der Waals surface area contributed by atoms with Gasteiger partial charge in [0.2, 0.25) is 0 Å². The van der Waals surface area contributed by atoms with Crippen LogP contribution in [0.25, 0.3) is 0 Å². The summed E-state index contributed by atoms with van der Waals surface area (Å²) in [5, 5.41) is 13.2. The van der Waals surface area contributed by atoms with Crippen LogP contribution in [0.5, 0.6) is 5.75 Å². The molecule has 2 aromatic carbocycles. The first kappa shape index (κ1) is 31.2. The third-order valence-electron chi connectivity index (χ3n) is 7.14. The Balaban J connectivity index is 1.65. The Morgan fingerprint density at radius 1 is 1.07 bits per heavy atom. The maximum absolute atomic E-state index is 12.8. The van der Waals surface area contributed by atoms with Crippen LogP contribution in [0.4, 0.5) is 0 Å². The van der Waals surface area contributed by atoms with Crippen LogP contribution in [0, 0.1) is 22.7 Å². The lowest BCUT2D eigenvalue weighted by Crippen LogP contribution is -2.47. The molecule has 0 saturated heterocycles. The van der Waals surface area contributed by atoms with Crippen LogP contribution in [-0.2, 0) is 38.3 Å². The van der Waals surface area contributed by atoms with Crippen LogP contribution in [0.3, 0.4) is 0 Å². The number of nitrogens with one attached hydrogen (secondary N) is 1. The summed E-state index contributed by atoms with van der Waals surface area (Å²) in [6.45, 7) is 12.5. The fourth-order valence-electron chi connectivity index (χ4n) is 5.04. The number of rotatable bonds is 13. The summed E-state index contributed by atoms with van der Waals surface area (Å²) < 4.78 is 17.0. The van der Waals surface area contributed by atoms with Gasteiger partial charge in [-0.1, -0.05) is 30.3 Å². The first-order valence-electron chi connectivity index (χ1n) is 14.2. The largest absolute Gasteiger partial charge is 0.488 e. The molecule has 216 valence electrons. The number of hydrogen-bond donors (Lipinski definition) is 1. The molecule has 2 aromatic rings. The van der Waals surface area contributed by atoms with Gasteiger partial charge in [0.15, 0.2) is 0 Å². The molecule has 1 N–H and O–H groups in total. The third-order valence-corrected chi connectivity index (χ3v) is 7.14. The highest BCUT2D eigenvalue weighted by molar-refractivity contribution is 5.75. The molecule has 0 fully saturated rings. The van der Waals surface area contributed by atoms with E-state index in [0.717, 1.165) is 24.8 Å². The van der Waals surface area contributed by atoms with Crippen molar-refractivity contribution in [3.8, 4) is 11.8 Å². The van der Waals surface area contributed by atoms with Gasteiger partial charge in [0.1, 0.15) is 24.5 Å². The Labute approximate surface area is 239 Å². The smallest absolute Gasteiger partial charge is 0.311 e. The highest BCUT2D eigenvalue weighted by atomic mass is 16.6. The van der Waals surface area contributed by atoms with E-state index in [1.807, 2.05) is 26.8 Å². The van der Waals surface area contributed by atoms with Gasteiger partial charge in [-0.2, -0.15) is 5.26 Å². The van der Waals surface area contributed by atoms with Gasteiger partial charge < -0.3 is 19.5 Å². The fraction of sp³-hybridized carbons (Fsp3) is 0.545. The molecule has 0 aromatic heterocycles. The van der Waals surface area contributed by atoms with E-state index >= 15 is 0 Å². The molecule has 0 saturated carbocycles. The van der Waals surface area contributed by atoms with Crippen molar-refractivity contribution in [1.29, 1.82) is 5.26 Å². The molecule has 1 unspecified atom stereocenters. The molecular formula is C33H44N2O5. The van der Waals surface area contributed by atoms with E-state index in [9.17, 15) is 14.9 Å². The number of aryl methyl sites for hydroxylation is 1. The average Bonchev–Trinajstić information content (AvgIpc) is 3.30. The predicted molar refractivity (Wildman–Crippen MR) is 155 cm³/mol. The Morgan fingerprint density at radius 2 is 1.75 bits per heavy atom. The van der Waals surface area contributed by atoms with Crippen LogP contribution in [0.15, 0.2) is 42.5 Å². The number of carbonyl (C=O) groups excluding carboxylic acids is 2. The standard InChI is InChI=1S/C33H44N2O5/c1-7-38-30(36)15-13-23-12-14-27(20-34)29(18-23)39-22-28(40-31(37)32(2,3)4)21-35-33(5,6)19-24-16-25-10-8-9-11-26(25)17-24/h8-12,14,18,24,28,35H,7,13,15-17,19,21-22H2,1-6H3. The van der Waals surface area contributed by atoms with E-state index in [4.69, 9.17) is 14.2 Å². The van der Waals surface area contributed by atoms with Crippen LogP contribution in [-0.4, -0.2) is 43.3 Å². The Hall–Kier alpha value is -3.37. The summed E-state index contributed by atoms with van der Waals surface area (Å²) in [5.41, 5.74) is 3.29. The number of nitriles is 1. The third kappa shape index (κ3) is 9.38. The SMILES string of the molecule is CCOC(=O)CCc1ccc(C#N)c(OCC(CNC(C)(C)CC2Cc3ccccc3C2)OC(=O)C(C)(C)C)c1. The summed E-state index contributed by atoms with van der Waals surface area (Å²) >= 11 is 0. The molecule has 0 spiro atoms. The molecule has 1 aliphatic rings. The summed E-state index contributed by atoms with van der Waals surface area (Å²) in [6, 6.07) is 16.1. The summed E-state index contributed by atoms with van der Waals surface area (Å²) in [4.78, 5) is 24.6. The Kier molecular flexibility index (Phi) is 10.8. The van der Waals surface area contributed by atoms with Crippen molar-refractivity contribution in [1.82, 2.24) is 5.32 Å². The summed E-state index contributed by atoms with van der Waals surface area (Å²) in [7, 11) is 0. The minimum atomic E-state index is -0.659. The van der Waals surface area contributed by atoms with Crippen molar-refractivity contribution in [2.45, 2.75) is 85.3 Å². The number of hydrogen-bond acceptors (Lipinski definition) is 7. The van der Waals surface area contributed by atoms with E-state index in [-0.39, 0.29) is 30.5 Å². The van der Waals surface area contributed by atoms with Crippen molar-refractivity contribution in [2.75, 3.05) is 19.8 Å². The van der Waals surface area contributed by atoms with Gasteiger partial charge in [0.25, 0.3) is 0 Å². The highest BCUT2D eigenvalue weighted by Gasteiger charge is 2.31. The lowest BCUT2D eigenvalue weighted by molar-refractivity contribution is -0.160. The quantitative estimate of drug-likeness (QED) is 0.327. The van der Waals surface area contributed by atoms with Gasteiger partial charge in [-0.05, 0) is 102 Å². The second-order valence-electron chi connectivity index (χ2n) is 12.3. The van der Waals surface area contributed by atoms with Crippen molar-refractivity contribution in [2.24, 2.45) is 11.3 Å². The van der Waals surface area contributed by atoms with Gasteiger partial charge in [-0.25, -0.2) is 0 Å². The van der Waals surface area contributed by atoms with Gasteiger partial charge >= 0.3 is 11.9 Å². The number of fused-ring (bicyclic) bond motifs is 1. The van der Waals surface area contributed by atoms with Crippen molar-refractivity contribution >= 4 is 11.9 Å². The molecule has 0 bridgehead atoms. The van der Waals surface area contributed by atoms with Gasteiger partial charge in [0, 0.05) is 18.5 Å². The van der Waals surface area contributed by atoms with Crippen molar-refractivity contribution < 1.29 is 23.8 Å². The number of carbonyl (C=O) groups is 2. The lowest BCUT2D eigenvalue weighted by atomic mass is 9.88. The molecule has 7 heteroatoms. The maximum atomic E-state index is 12.8. The van der Waals surface area contributed by atoms with E-state index in [1.165, 1.54) is 11.1 Å². The van der Waals surface area contributed by atoms with E-state index < -0.39 is 11.5 Å². The molecule has 40 heavy (non-hydrogen) atoms. The molecule has 7 nitrogen and oxygen atoms in total. The molecule has 0 amide bonds. The van der Waals surface area contributed by atoms with Crippen molar-refractivity contribution in [3.63, 3.8) is 0 Å². The highest BCUT2D eigenvalue weighted by Crippen LogP contribution is 2.32. The van der Waals surface area contributed by atoms with E-state index in [1.54, 1.807) is 19.1 Å². The molecular weight excluding hydrogens is 504 g/mol. The zero-order valence-electron chi connectivity index (χ0n) is 24.8. The zero-order valence-corrected chi connectivity index (χ0v) is 24.8. The van der Waals surface area contributed by atoms with Gasteiger partial charge in [-0.15, -0.1) is 0 Å². The summed E-state index contributed by atoms with van der Waals surface area (Å²) in [5.74, 6) is 0.389. The zero-order chi connectivity index (χ0) is 29.3. The second-order valence-corrected chi connectivity index (χ2v) is 12.3. The minimum absolute atomic E-state index is 0.0930. The lowest BCUT2D eigenvalue weighted by Gasteiger charge is -2.32. The van der Waals surface area contributed by atoms with E-state index in [0.29, 0.717) is 36.8 Å². The monoisotopic (exact) mass is 548 g/mol. The minimum Gasteiger partial charge on any atom is -0.488 e. The van der Waals surface area contributed by atoms with Gasteiger partial charge in [-0.3, -0.25) is 9.59 Å². The van der Waals surface area contributed by atoms with Crippen LogP contribution in [0.2, 0.25) is 0 Å². The van der Waals surface area contributed by atoms with Crippen LogP contribution >= 0.6 is 0 Å². The Morgan fingerprint density at radius 3 is 2.35 bits per heavy atom. The molecule has 1 aliphatic carbocycles. The fourth-order valence-corrected chi connectivity index (χ4v) is 5.04. The number of ether oxygens (including phenoxy) is 3. The topological polar surface area (TPSA) is 97.7 Å². The molecule has 3 rings (SSSR count). The maximum Gasteiger partial charge on any atom is 0.311 e. The molecule has 1 atom stereocenters. The first-order chi connectivity index (χ1) is 18.9. The normalized spacial score (nSPS) is 14.2.